The normalized spacial score (nSPS) is 10.3. The van der Waals surface area contributed by atoms with E-state index in [0.717, 1.165) is 0 Å². The smallest absolute Gasteiger partial charge is 0.218 e. The topological polar surface area (TPSA) is 43.6 Å². The van der Waals surface area contributed by atoms with Crippen molar-refractivity contribution in [3.05, 3.63) is 34.3 Å². The van der Waals surface area contributed by atoms with E-state index in [2.05, 4.69) is 31.0 Å². The van der Waals surface area contributed by atoms with E-state index < -0.39 is 0 Å². The van der Waals surface area contributed by atoms with Crippen LogP contribution in [0.1, 0.15) is 0 Å². The van der Waals surface area contributed by atoms with Crippen molar-refractivity contribution in [1.29, 1.82) is 0 Å². The molecule has 2 rings (SSSR count). The van der Waals surface area contributed by atoms with Crippen molar-refractivity contribution in [1.82, 2.24) is 19.7 Å². The molecule has 0 spiro atoms. The molecular weight excluding hydrogens is 255 g/mol. The first-order chi connectivity index (χ1) is 6.27. The summed E-state index contributed by atoms with van der Waals surface area (Å²) in [5, 5.41) is 4.35. The van der Waals surface area contributed by atoms with Crippen molar-refractivity contribution in [2.24, 2.45) is 0 Å². The Morgan fingerprint density at radius 3 is 2.92 bits per heavy atom. The van der Waals surface area contributed by atoms with Crippen molar-refractivity contribution in [2.45, 2.75) is 0 Å². The van der Waals surface area contributed by atoms with Gasteiger partial charge in [0, 0.05) is 18.6 Å². The van der Waals surface area contributed by atoms with Gasteiger partial charge >= 0.3 is 0 Å². The first-order valence-corrected chi connectivity index (χ1v) is 4.62. The van der Waals surface area contributed by atoms with Gasteiger partial charge in [-0.25, -0.2) is 9.67 Å². The van der Waals surface area contributed by atoms with E-state index in [1.54, 1.807) is 29.3 Å². The third-order valence-corrected chi connectivity index (χ3v) is 2.49. The van der Waals surface area contributed by atoms with Gasteiger partial charge < -0.3 is 0 Å². The summed E-state index contributed by atoms with van der Waals surface area (Å²) < 4.78 is 2.21. The van der Waals surface area contributed by atoms with Gasteiger partial charge in [-0.05, 0) is 22.0 Å². The molecule has 0 N–H and O–H groups in total. The van der Waals surface area contributed by atoms with Crippen LogP contribution >= 0.6 is 27.5 Å². The molecule has 0 amide bonds. The minimum absolute atomic E-state index is 0.375. The van der Waals surface area contributed by atoms with E-state index in [1.165, 1.54) is 0 Å². The fourth-order valence-electron chi connectivity index (χ4n) is 0.835. The largest absolute Gasteiger partial charge is 0.251 e. The minimum atomic E-state index is 0.375. The Labute approximate surface area is 87.7 Å². The van der Waals surface area contributed by atoms with Crippen LogP contribution in [0.3, 0.4) is 0 Å². The van der Waals surface area contributed by atoms with Gasteiger partial charge in [-0.2, -0.15) is 10.1 Å². The minimum Gasteiger partial charge on any atom is -0.218 e. The molecule has 0 aromatic carbocycles. The van der Waals surface area contributed by atoms with Crippen LogP contribution in [0.15, 0.2) is 29.1 Å². The van der Waals surface area contributed by atoms with E-state index in [-0.39, 0.29) is 0 Å². The average molecular weight is 259 g/mol. The number of aromatic nitrogens is 4. The lowest BCUT2D eigenvalue weighted by atomic mass is 10.7. The standard InChI is InChI=1S/C7H4BrClN4/c8-5-4-10-7(12-6(5)9)13-3-1-2-11-13/h1-4H. The number of nitrogens with zero attached hydrogens (tertiary/aromatic N) is 4. The molecule has 13 heavy (non-hydrogen) atoms. The summed E-state index contributed by atoms with van der Waals surface area (Å²) in [5.41, 5.74) is 0. The molecule has 0 saturated heterocycles. The lowest BCUT2D eigenvalue weighted by Crippen LogP contribution is -2.01. The summed E-state index contributed by atoms with van der Waals surface area (Å²) in [5.74, 6) is 0.457. The van der Waals surface area contributed by atoms with Crippen LogP contribution in [-0.2, 0) is 0 Å². The van der Waals surface area contributed by atoms with Crippen LogP contribution in [0.4, 0.5) is 0 Å². The molecule has 6 heteroatoms. The Morgan fingerprint density at radius 2 is 2.31 bits per heavy atom. The maximum absolute atomic E-state index is 5.79. The maximum atomic E-state index is 5.79. The van der Waals surface area contributed by atoms with E-state index in [1.807, 2.05) is 0 Å². The molecule has 0 saturated carbocycles. The summed E-state index contributed by atoms with van der Waals surface area (Å²) in [4.78, 5) is 8.06. The third-order valence-electron chi connectivity index (χ3n) is 1.40. The molecule has 0 radical (unpaired) electrons. The second-order valence-electron chi connectivity index (χ2n) is 2.26. The van der Waals surface area contributed by atoms with Gasteiger partial charge in [-0.15, -0.1) is 0 Å². The number of rotatable bonds is 1. The molecule has 4 nitrogen and oxygen atoms in total. The predicted molar refractivity (Wildman–Crippen MR) is 51.9 cm³/mol. The Kier molecular flexibility index (Phi) is 2.28. The second kappa shape index (κ2) is 3.43. The summed E-state index contributed by atoms with van der Waals surface area (Å²) in [6.45, 7) is 0. The first-order valence-electron chi connectivity index (χ1n) is 3.45. The zero-order valence-electron chi connectivity index (χ0n) is 6.35. The molecule has 0 unspecified atom stereocenters. The number of halogens is 2. The zero-order chi connectivity index (χ0) is 9.26. The van der Waals surface area contributed by atoms with Crippen molar-refractivity contribution in [2.75, 3.05) is 0 Å². The Balaban J connectivity index is 2.49. The molecule has 2 aromatic rings. The highest BCUT2D eigenvalue weighted by molar-refractivity contribution is 9.10. The van der Waals surface area contributed by atoms with Crippen molar-refractivity contribution >= 4 is 27.5 Å². The maximum Gasteiger partial charge on any atom is 0.251 e. The highest BCUT2D eigenvalue weighted by atomic mass is 79.9. The summed E-state index contributed by atoms with van der Waals surface area (Å²) in [6, 6.07) is 1.79. The van der Waals surface area contributed by atoms with E-state index >= 15 is 0 Å². The molecule has 2 aromatic heterocycles. The van der Waals surface area contributed by atoms with Gasteiger partial charge in [0.1, 0.15) is 5.15 Å². The summed E-state index contributed by atoms with van der Waals surface area (Å²) in [6.07, 6.45) is 4.99. The molecule has 0 fully saturated rings. The molecular formula is C7H4BrClN4. The fraction of sp³-hybridized carbons (Fsp3) is 0. The van der Waals surface area contributed by atoms with Crippen LogP contribution in [-0.4, -0.2) is 19.7 Å². The zero-order valence-corrected chi connectivity index (χ0v) is 8.70. The van der Waals surface area contributed by atoms with Gasteiger partial charge in [-0.3, -0.25) is 0 Å². The Bertz CT molecular complexity index is 414. The van der Waals surface area contributed by atoms with Gasteiger partial charge in [0.15, 0.2) is 0 Å². The Hall–Kier alpha value is -0.940. The number of hydrogen-bond donors (Lipinski definition) is 0. The lowest BCUT2D eigenvalue weighted by molar-refractivity contribution is 0.806. The van der Waals surface area contributed by atoms with Crippen molar-refractivity contribution in [3.63, 3.8) is 0 Å². The predicted octanol–water partition coefficient (Wildman–Crippen LogP) is 2.08. The molecule has 0 aliphatic rings. The van der Waals surface area contributed by atoms with Crippen LogP contribution in [0, 0.1) is 0 Å². The SMILES string of the molecule is Clc1nc(-n2cccn2)ncc1Br. The van der Waals surface area contributed by atoms with Gasteiger partial charge in [0.2, 0.25) is 0 Å². The molecule has 0 bridgehead atoms. The molecule has 66 valence electrons. The Morgan fingerprint density at radius 1 is 1.46 bits per heavy atom. The fourth-order valence-corrected chi connectivity index (χ4v) is 1.15. The van der Waals surface area contributed by atoms with Gasteiger partial charge in [0.25, 0.3) is 5.95 Å². The molecule has 0 atom stereocenters. The molecule has 2 heterocycles. The lowest BCUT2D eigenvalue weighted by Gasteiger charge is -1.99. The quantitative estimate of drug-likeness (QED) is 0.737. The van der Waals surface area contributed by atoms with Crippen molar-refractivity contribution < 1.29 is 0 Å². The second-order valence-corrected chi connectivity index (χ2v) is 3.47. The van der Waals surface area contributed by atoms with E-state index in [9.17, 15) is 0 Å². The van der Waals surface area contributed by atoms with Gasteiger partial charge in [0.05, 0.1) is 4.47 Å². The monoisotopic (exact) mass is 258 g/mol. The summed E-state index contributed by atoms with van der Waals surface area (Å²) >= 11 is 9.00. The van der Waals surface area contributed by atoms with Crippen LogP contribution < -0.4 is 0 Å². The summed E-state index contributed by atoms with van der Waals surface area (Å²) in [7, 11) is 0. The van der Waals surface area contributed by atoms with Crippen LogP contribution in [0.5, 0.6) is 0 Å². The van der Waals surface area contributed by atoms with Crippen molar-refractivity contribution in [3.8, 4) is 5.95 Å². The van der Waals surface area contributed by atoms with E-state index in [4.69, 9.17) is 11.6 Å². The van der Waals surface area contributed by atoms with Gasteiger partial charge in [-0.1, -0.05) is 11.6 Å². The van der Waals surface area contributed by atoms with E-state index in [0.29, 0.717) is 15.6 Å². The molecule has 0 aliphatic carbocycles. The highest BCUT2D eigenvalue weighted by Crippen LogP contribution is 2.18. The third kappa shape index (κ3) is 1.71. The first kappa shape index (κ1) is 8.65. The average Bonchev–Trinajstić information content (AvgIpc) is 2.62. The highest BCUT2D eigenvalue weighted by Gasteiger charge is 2.03. The van der Waals surface area contributed by atoms with Crippen LogP contribution in [0.2, 0.25) is 5.15 Å². The number of hydrogen-bond acceptors (Lipinski definition) is 3. The molecule has 0 aliphatic heterocycles. The van der Waals surface area contributed by atoms with Crippen LogP contribution in [0.25, 0.3) is 5.95 Å².